The Morgan fingerprint density at radius 3 is 2.46 bits per heavy atom. The van der Waals surface area contributed by atoms with Gasteiger partial charge in [-0.1, -0.05) is 25.4 Å². The lowest BCUT2D eigenvalue weighted by atomic mass is 10.0. The zero-order valence-corrected chi connectivity index (χ0v) is 16.2. The Morgan fingerprint density at radius 1 is 1.18 bits per heavy atom. The third-order valence-corrected chi connectivity index (χ3v) is 4.09. The third-order valence-electron chi connectivity index (χ3n) is 3.80. The van der Waals surface area contributed by atoms with Gasteiger partial charge in [0.1, 0.15) is 11.9 Å². The first-order valence-corrected chi connectivity index (χ1v) is 8.87. The van der Waals surface area contributed by atoms with Gasteiger partial charge in [-0.05, 0) is 43.2 Å². The van der Waals surface area contributed by atoms with E-state index in [1.54, 1.807) is 19.9 Å². The van der Waals surface area contributed by atoms with Gasteiger partial charge in [0.05, 0.1) is 11.3 Å². The van der Waals surface area contributed by atoms with E-state index in [0.717, 1.165) is 6.07 Å². The highest BCUT2D eigenvalue weighted by Crippen LogP contribution is 2.19. The van der Waals surface area contributed by atoms with Gasteiger partial charge in [0.25, 0.3) is 11.8 Å². The van der Waals surface area contributed by atoms with Crippen LogP contribution in [0.3, 0.4) is 0 Å². The molecule has 0 radical (unpaired) electrons. The Labute approximate surface area is 166 Å². The molecular formula is C19H20ClFN2O5. The highest BCUT2D eigenvalue weighted by Gasteiger charge is 2.30. The molecule has 0 saturated carbocycles. The number of furan rings is 1. The van der Waals surface area contributed by atoms with Crippen molar-refractivity contribution in [3.63, 3.8) is 0 Å². The van der Waals surface area contributed by atoms with Crippen LogP contribution in [0.4, 0.5) is 10.1 Å². The largest absolute Gasteiger partial charge is 0.459 e. The van der Waals surface area contributed by atoms with Gasteiger partial charge in [0, 0.05) is 5.69 Å². The molecule has 0 bridgehead atoms. The third kappa shape index (κ3) is 5.56. The number of benzene rings is 1. The standard InChI is InChI=1S/C19H20ClFN2O5/c1-10(2)16(23-18(25)15-5-4-8-27-15)19(26)28-11(3)17(24)22-12-6-7-14(21)13(20)9-12/h4-11,16H,1-3H3,(H,22,24)(H,23,25)/t11?,16-/m0/s1. The van der Waals surface area contributed by atoms with Crippen molar-refractivity contribution in [1.82, 2.24) is 5.32 Å². The second-order valence-electron chi connectivity index (χ2n) is 6.37. The number of hydrogen-bond donors (Lipinski definition) is 2. The number of halogens is 2. The molecular weight excluding hydrogens is 391 g/mol. The normalized spacial score (nSPS) is 12.9. The maximum atomic E-state index is 13.2. The summed E-state index contributed by atoms with van der Waals surface area (Å²) in [5.41, 5.74) is 0.255. The van der Waals surface area contributed by atoms with Crippen molar-refractivity contribution < 1.29 is 27.9 Å². The summed E-state index contributed by atoms with van der Waals surface area (Å²) in [4.78, 5) is 36.8. The van der Waals surface area contributed by atoms with Gasteiger partial charge in [-0.2, -0.15) is 0 Å². The van der Waals surface area contributed by atoms with Gasteiger partial charge in [0.15, 0.2) is 11.9 Å². The minimum absolute atomic E-state index is 0.0532. The quantitative estimate of drug-likeness (QED) is 0.682. The van der Waals surface area contributed by atoms with E-state index < -0.39 is 35.7 Å². The van der Waals surface area contributed by atoms with Crippen molar-refractivity contribution in [2.24, 2.45) is 5.92 Å². The average molecular weight is 411 g/mol. The van der Waals surface area contributed by atoms with Crippen LogP contribution in [0.25, 0.3) is 0 Å². The van der Waals surface area contributed by atoms with Crippen molar-refractivity contribution in [3.8, 4) is 0 Å². The van der Waals surface area contributed by atoms with Gasteiger partial charge < -0.3 is 19.8 Å². The maximum Gasteiger partial charge on any atom is 0.329 e. The molecule has 2 aromatic rings. The second-order valence-corrected chi connectivity index (χ2v) is 6.78. The van der Waals surface area contributed by atoms with Crippen molar-refractivity contribution in [3.05, 3.63) is 53.2 Å². The number of ether oxygens (including phenoxy) is 1. The van der Waals surface area contributed by atoms with Crippen LogP contribution in [0.2, 0.25) is 5.02 Å². The maximum absolute atomic E-state index is 13.2. The van der Waals surface area contributed by atoms with E-state index in [4.69, 9.17) is 20.8 Å². The number of carbonyl (C=O) groups excluding carboxylic acids is 3. The second kappa shape index (κ2) is 9.36. The summed E-state index contributed by atoms with van der Waals surface area (Å²) < 4.78 is 23.4. The lowest BCUT2D eigenvalue weighted by Crippen LogP contribution is -2.47. The smallest absolute Gasteiger partial charge is 0.329 e. The summed E-state index contributed by atoms with van der Waals surface area (Å²) in [5.74, 6) is -2.83. The zero-order chi connectivity index (χ0) is 20.8. The lowest BCUT2D eigenvalue weighted by molar-refractivity contribution is -0.156. The fraction of sp³-hybridized carbons (Fsp3) is 0.316. The number of carbonyl (C=O) groups is 3. The van der Waals surface area contributed by atoms with E-state index in [-0.39, 0.29) is 22.4 Å². The molecule has 2 N–H and O–H groups in total. The summed E-state index contributed by atoms with van der Waals surface area (Å²) in [6, 6.07) is 5.70. The SMILES string of the molecule is CC(OC(=O)[C@@H](NC(=O)c1ccco1)C(C)C)C(=O)Nc1ccc(F)c(Cl)c1. The number of amides is 2. The van der Waals surface area contributed by atoms with E-state index >= 15 is 0 Å². The summed E-state index contributed by atoms with van der Waals surface area (Å²) in [6.07, 6.45) is 0.184. The molecule has 2 atom stereocenters. The summed E-state index contributed by atoms with van der Waals surface area (Å²) in [7, 11) is 0. The Hall–Kier alpha value is -2.87. The Morgan fingerprint density at radius 2 is 1.89 bits per heavy atom. The molecule has 0 aliphatic carbocycles. The van der Waals surface area contributed by atoms with E-state index in [1.165, 1.54) is 31.4 Å². The van der Waals surface area contributed by atoms with Gasteiger partial charge in [-0.25, -0.2) is 9.18 Å². The van der Waals surface area contributed by atoms with Crippen molar-refractivity contribution >= 4 is 35.1 Å². The minimum atomic E-state index is -1.15. The number of rotatable bonds is 7. The van der Waals surface area contributed by atoms with Crippen LogP contribution < -0.4 is 10.6 Å². The molecule has 1 heterocycles. The van der Waals surface area contributed by atoms with Crippen molar-refractivity contribution in [1.29, 1.82) is 0 Å². The highest BCUT2D eigenvalue weighted by atomic mass is 35.5. The monoisotopic (exact) mass is 410 g/mol. The van der Waals surface area contributed by atoms with Gasteiger partial charge >= 0.3 is 5.97 Å². The summed E-state index contributed by atoms with van der Waals surface area (Å²) >= 11 is 5.67. The minimum Gasteiger partial charge on any atom is -0.459 e. The number of anilines is 1. The van der Waals surface area contributed by atoms with Crippen molar-refractivity contribution in [2.75, 3.05) is 5.32 Å². The van der Waals surface area contributed by atoms with Crippen molar-refractivity contribution in [2.45, 2.75) is 32.9 Å². The molecule has 0 aliphatic heterocycles. The highest BCUT2D eigenvalue weighted by molar-refractivity contribution is 6.31. The van der Waals surface area contributed by atoms with Crippen LogP contribution in [0.5, 0.6) is 0 Å². The van der Waals surface area contributed by atoms with Crippen LogP contribution in [0.15, 0.2) is 41.0 Å². The van der Waals surface area contributed by atoms with Crippen LogP contribution in [0.1, 0.15) is 31.3 Å². The fourth-order valence-corrected chi connectivity index (χ4v) is 2.42. The molecule has 7 nitrogen and oxygen atoms in total. The number of hydrogen-bond acceptors (Lipinski definition) is 5. The first kappa shape index (κ1) is 21.4. The molecule has 0 aliphatic rings. The molecule has 0 saturated heterocycles. The Bertz CT molecular complexity index is 854. The molecule has 28 heavy (non-hydrogen) atoms. The average Bonchev–Trinajstić information content (AvgIpc) is 3.16. The first-order chi connectivity index (χ1) is 13.2. The van der Waals surface area contributed by atoms with E-state index in [2.05, 4.69) is 10.6 Å². The molecule has 1 aromatic carbocycles. The number of nitrogens with one attached hydrogen (secondary N) is 2. The van der Waals surface area contributed by atoms with Crippen LogP contribution in [0, 0.1) is 11.7 Å². The number of esters is 1. The zero-order valence-electron chi connectivity index (χ0n) is 15.5. The molecule has 150 valence electrons. The lowest BCUT2D eigenvalue weighted by Gasteiger charge is -2.22. The van der Waals surface area contributed by atoms with E-state index in [9.17, 15) is 18.8 Å². The molecule has 0 spiro atoms. The molecule has 2 rings (SSSR count). The fourth-order valence-electron chi connectivity index (χ4n) is 2.24. The Kier molecular flexibility index (Phi) is 7.17. The summed E-state index contributed by atoms with van der Waals surface area (Å²) in [5, 5.41) is 4.86. The molecule has 1 unspecified atom stereocenters. The molecule has 1 aromatic heterocycles. The van der Waals surface area contributed by atoms with Gasteiger partial charge in [-0.15, -0.1) is 0 Å². The summed E-state index contributed by atoms with van der Waals surface area (Å²) in [6.45, 7) is 4.82. The topological polar surface area (TPSA) is 97.6 Å². The Balaban J connectivity index is 1.98. The van der Waals surface area contributed by atoms with E-state index in [1.807, 2.05) is 0 Å². The van der Waals surface area contributed by atoms with Crippen LogP contribution >= 0.6 is 11.6 Å². The first-order valence-electron chi connectivity index (χ1n) is 8.49. The van der Waals surface area contributed by atoms with Crippen LogP contribution in [-0.4, -0.2) is 29.9 Å². The predicted molar refractivity (Wildman–Crippen MR) is 100 cm³/mol. The molecule has 0 fully saturated rings. The van der Waals surface area contributed by atoms with Crippen LogP contribution in [-0.2, 0) is 14.3 Å². The molecule has 9 heteroatoms. The van der Waals surface area contributed by atoms with E-state index in [0.29, 0.717) is 0 Å². The predicted octanol–water partition coefficient (Wildman–Crippen LogP) is 3.40. The molecule has 2 amide bonds. The van der Waals surface area contributed by atoms with Gasteiger partial charge in [0.2, 0.25) is 0 Å². The van der Waals surface area contributed by atoms with Gasteiger partial charge in [-0.3, -0.25) is 9.59 Å².